The molecule has 0 bridgehead atoms. The molecule has 7 rings (SSSR count). The molecule has 1 N–H and O–H groups in total. The minimum absolute atomic E-state index is 0.122. The highest BCUT2D eigenvalue weighted by molar-refractivity contribution is 5.99. The van der Waals surface area contributed by atoms with Gasteiger partial charge in [-0.1, -0.05) is 122 Å². The lowest BCUT2D eigenvalue weighted by molar-refractivity contribution is 0.446. The number of aromatic hydroxyl groups is 1. The quantitative estimate of drug-likeness (QED) is 0.198. The van der Waals surface area contributed by atoms with Crippen LogP contribution in [0.5, 0.6) is 5.75 Å². The van der Waals surface area contributed by atoms with Gasteiger partial charge in [0.15, 0.2) is 0 Å². The lowest BCUT2D eigenvalue weighted by atomic mass is 9.79. The van der Waals surface area contributed by atoms with E-state index in [0.717, 1.165) is 83.6 Å². The lowest BCUT2D eigenvalue weighted by Gasteiger charge is -2.27. The Kier molecular flexibility index (Phi) is 8.64. The molecule has 2 heterocycles. The van der Waals surface area contributed by atoms with Crippen LogP contribution >= 0.6 is 0 Å². The van der Waals surface area contributed by atoms with E-state index in [1.165, 1.54) is 11.1 Å². The summed E-state index contributed by atoms with van der Waals surface area (Å²) < 4.78 is 2.25. The first kappa shape index (κ1) is 36.1. The van der Waals surface area contributed by atoms with E-state index in [0.29, 0.717) is 0 Å². The van der Waals surface area contributed by atoms with E-state index in [2.05, 4.69) is 178 Å². The van der Waals surface area contributed by atoms with Gasteiger partial charge in [-0.25, -0.2) is 15.0 Å². The third-order valence-corrected chi connectivity index (χ3v) is 10.6. The predicted molar refractivity (Wildman–Crippen MR) is 222 cm³/mol. The number of phenols is 1. The van der Waals surface area contributed by atoms with E-state index < -0.39 is 0 Å². The highest BCUT2D eigenvalue weighted by atomic mass is 16.3. The van der Waals surface area contributed by atoms with Crippen molar-refractivity contribution in [3.63, 3.8) is 0 Å². The number of hydrogen-bond acceptors (Lipinski definition) is 4. The standard InChI is InChI=1S/C48H52N4O/c1-28-19-20-39(30(3)21-28)52-40-18-14-16-35(43(40)51-45(52)37-25-34(47(7,8)9)26-38(44(37)53)48(10,11)12)31-22-32(24-33(23-31)46(4,5)6)42-36-17-13-15-29(2)41(36)49-27-50-42/h13-27,53H,1-12H3. The highest BCUT2D eigenvalue weighted by Crippen LogP contribution is 2.45. The maximum Gasteiger partial charge on any atom is 0.149 e. The average molecular weight is 701 g/mol. The summed E-state index contributed by atoms with van der Waals surface area (Å²) in [5.74, 6) is 0.995. The van der Waals surface area contributed by atoms with Crippen molar-refractivity contribution in [3.8, 4) is 45.2 Å². The van der Waals surface area contributed by atoms with Crippen molar-refractivity contribution in [2.24, 2.45) is 0 Å². The van der Waals surface area contributed by atoms with E-state index in [9.17, 15) is 5.11 Å². The molecule has 0 fully saturated rings. The maximum atomic E-state index is 12.2. The van der Waals surface area contributed by atoms with Crippen molar-refractivity contribution in [1.29, 1.82) is 0 Å². The molecular weight excluding hydrogens is 649 g/mol. The van der Waals surface area contributed by atoms with Crippen LogP contribution in [0.15, 0.2) is 91.3 Å². The number of imidazole rings is 1. The Bertz CT molecular complexity index is 2550. The molecule has 0 saturated heterocycles. The molecule has 2 aromatic heterocycles. The molecular formula is C48H52N4O. The van der Waals surface area contributed by atoms with E-state index >= 15 is 0 Å². The Morgan fingerprint density at radius 1 is 0.585 bits per heavy atom. The predicted octanol–water partition coefficient (Wildman–Crippen LogP) is 12.5. The third kappa shape index (κ3) is 6.52. The second kappa shape index (κ2) is 12.7. The van der Waals surface area contributed by atoms with Crippen molar-refractivity contribution in [1.82, 2.24) is 19.5 Å². The van der Waals surface area contributed by atoms with Crippen molar-refractivity contribution in [2.45, 2.75) is 99.3 Å². The first-order chi connectivity index (χ1) is 24.8. The molecule has 5 aromatic carbocycles. The lowest BCUT2D eigenvalue weighted by Crippen LogP contribution is -2.17. The Morgan fingerprint density at radius 3 is 1.94 bits per heavy atom. The van der Waals surface area contributed by atoms with E-state index in [1.54, 1.807) is 6.33 Å². The number of rotatable bonds is 4. The van der Waals surface area contributed by atoms with Gasteiger partial charge in [0.25, 0.3) is 0 Å². The van der Waals surface area contributed by atoms with Gasteiger partial charge in [-0.2, -0.15) is 0 Å². The van der Waals surface area contributed by atoms with Crippen LogP contribution in [0, 0.1) is 20.8 Å². The molecule has 7 aromatic rings. The molecule has 0 amide bonds. The van der Waals surface area contributed by atoms with Crippen LogP contribution in [-0.2, 0) is 16.2 Å². The smallest absolute Gasteiger partial charge is 0.149 e. The van der Waals surface area contributed by atoms with E-state index in [-0.39, 0.29) is 22.0 Å². The molecule has 0 saturated carbocycles. The van der Waals surface area contributed by atoms with Gasteiger partial charge >= 0.3 is 0 Å². The van der Waals surface area contributed by atoms with E-state index in [4.69, 9.17) is 9.97 Å². The van der Waals surface area contributed by atoms with Crippen LogP contribution < -0.4 is 0 Å². The van der Waals surface area contributed by atoms with Crippen LogP contribution in [-0.4, -0.2) is 24.6 Å². The fourth-order valence-corrected chi connectivity index (χ4v) is 7.44. The van der Waals surface area contributed by atoms with E-state index in [1.807, 2.05) is 0 Å². The van der Waals surface area contributed by atoms with Gasteiger partial charge in [-0.15, -0.1) is 0 Å². The first-order valence-corrected chi connectivity index (χ1v) is 18.7. The second-order valence-corrected chi connectivity index (χ2v) is 17.9. The molecule has 5 heteroatoms. The summed E-state index contributed by atoms with van der Waals surface area (Å²) >= 11 is 0. The van der Waals surface area contributed by atoms with Crippen LogP contribution in [0.2, 0.25) is 0 Å². The van der Waals surface area contributed by atoms with Gasteiger partial charge in [0.2, 0.25) is 0 Å². The number of phenolic OH excluding ortho intramolecular Hbond substituents is 1. The Morgan fingerprint density at radius 2 is 1.26 bits per heavy atom. The molecule has 0 aliphatic rings. The van der Waals surface area contributed by atoms with Gasteiger partial charge in [0.05, 0.1) is 33.5 Å². The van der Waals surface area contributed by atoms with Crippen molar-refractivity contribution >= 4 is 21.9 Å². The average Bonchev–Trinajstić information content (AvgIpc) is 3.46. The van der Waals surface area contributed by atoms with Crippen molar-refractivity contribution in [2.75, 3.05) is 0 Å². The zero-order valence-corrected chi connectivity index (χ0v) is 33.4. The summed E-state index contributed by atoms with van der Waals surface area (Å²) in [6, 6.07) is 30.4. The number of para-hydroxylation sites is 2. The molecule has 0 unspecified atom stereocenters. The Labute approximate surface area is 314 Å². The molecule has 0 aliphatic heterocycles. The van der Waals surface area contributed by atoms with Crippen LogP contribution in [0.25, 0.3) is 61.4 Å². The second-order valence-electron chi connectivity index (χ2n) is 17.9. The van der Waals surface area contributed by atoms with Gasteiger partial charge in [0, 0.05) is 22.1 Å². The number of hydrogen-bond donors (Lipinski definition) is 1. The van der Waals surface area contributed by atoms with Crippen LogP contribution in [0.4, 0.5) is 0 Å². The molecule has 0 aliphatic carbocycles. The SMILES string of the molecule is Cc1ccc(-n2c(-c3cc(C(C)(C)C)cc(C(C)(C)C)c3O)nc3c(-c4cc(-c5ncnc6c(C)cccc56)cc(C(C)(C)C)c4)cccc32)c(C)c1. The molecule has 0 spiro atoms. The van der Waals surface area contributed by atoms with Crippen LogP contribution in [0.1, 0.15) is 95.7 Å². The van der Waals surface area contributed by atoms with Crippen molar-refractivity contribution < 1.29 is 5.11 Å². The molecule has 5 nitrogen and oxygen atoms in total. The largest absolute Gasteiger partial charge is 0.507 e. The summed E-state index contributed by atoms with van der Waals surface area (Å²) in [5, 5.41) is 13.2. The zero-order valence-electron chi connectivity index (χ0n) is 33.4. The van der Waals surface area contributed by atoms with Gasteiger partial charge in [-0.05, 0) is 95.2 Å². The maximum absolute atomic E-state index is 12.2. The fourth-order valence-electron chi connectivity index (χ4n) is 7.44. The number of aromatic nitrogens is 4. The number of fused-ring (bicyclic) bond motifs is 2. The summed E-state index contributed by atoms with van der Waals surface area (Å²) in [6.45, 7) is 26.3. The minimum Gasteiger partial charge on any atom is -0.507 e. The highest BCUT2D eigenvalue weighted by Gasteiger charge is 2.29. The monoisotopic (exact) mass is 700 g/mol. The third-order valence-electron chi connectivity index (χ3n) is 10.6. The molecule has 270 valence electrons. The van der Waals surface area contributed by atoms with Gasteiger partial charge in [-0.3, -0.25) is 4.57 Å². The summed E-state index contributed by atoms with van der Waals surface area (Å²) in [4.78, 5) is 15.0. The summed E-state index contributed by atoms with van der Waals surface area (Å²) in [7, 11) is 0. The molecule has 53 heavy (non-hydrogen) atoms. The first-order valence-electron chi connectivity index (χ1n) is 18.7. The van der Waals surface area contributed by atoms with Crippen LogP contribution in [0.3, 0.4) is 0 Å². The topological polar surface area (TPSA) is 63.8 Å². The molecule has 0 atom stereocenters. The molecule has 0 radical (unpaired) electrons. The Hall–Kier alpha value is -5.29. The number of nitrogens with zero attached hydrogens (tertiary/aromatic N) is 4. The van der Waals surface area contributed by atoms with Crippen molar-refractivity contribution in [3.05, 3.63) is 125 Å². The zero-order chi connectivity index (χ0) is 38.2. The minimum atomic E-state index is -0.282. The summed E-state index contributed by atoms with van der Waals surface area (Å²) in [5.41, 5.74) is 14.8. The number of aryl methyl sites for hydroxylation is 3. The van der Waals surface area contributed by atoms with Gasteiger partial charge in [0.1, 0.15) is 17.9 Å². The van der Waals surface area contributed by atoms with Gasteiger partial charge < -0.3 is 5.11 Å². The Balaban J connectivity index is 1.58. The fraction of sp³-hybridized carbons (Fsp3) is 0.312. The number of benzene rings is 5. The summed E-state index contributed by atoms with van der Waals surface area (Å²) in [6.07, 6.45) is 1.68. The normalized spacial score (nSPS) is 12.6.